The average Bonchev–Trinajstić information content (AvgIpc) is 2.19. The molecule has 62 valence electrons. The SMILES string of the molecule is CCCc1nn(C)c(N)c1C. The van der Waals surface area contributed by atoms with Crippen molar-refractivity contribution in [3.63, 3.8) is 0 Å². The van der Waals surface area contributed by atoms with E-state index in [-0.39, 0.29) is 0 Å². The Hall–Kier alpha value is -0.990. The van der Waals surface area contributed by atoms with E-state index in [4.69, 9.17) is 5.73 Å². The van der Waals surface area contributed by atoms with Gasteiger partial charge in [0.05, 0.1) is 5.69 Å². The molecule has 0 bridgehead atoms. The standard InChI is InChI=1S/C8H15N3/c1-4-5-7-6(2)8(9)11(3)10-7/h4-5,9H2,1-3H3. The number of hydrogen-bond donors (Lipinski definition) is 1. The van der Waals surface area contributed by atoms with Gasteiger partial charge in [-0.05, 0) is 13.3 Å². The van der Waals surface area contributed by atoms with E-state index < -0.39 is 0 Å². The second-order valence-electron chi connectivity index (χ2n) is 2.83. The number of nitrogen functional groups attached to an aromatic ring is 1. The highest BCUT2D eigenvalue weighted by Gasteiger charge is 2.06. The molecule has 0 unspecified atom stereocenters. The van der Waals surface area contributed by atoms with Gasteiger partial charge in [0.1, 0.15) is 5.82 Å². The zero-order chi connectivity index (χ0) is 8.43. The van der Waals surface area contributed by atoms with Crippen molar-refractivity contribution in [1.29, 1.82) is 0 Å². The summed E-state index contributed by atoms with van der Waals surface area (Å²) in [6.07, 6.45) is 2.15. The summed E-state index contributed by atoms with van der Waals surface area (Å²) in [6, 6.07) is 0. The quantitative estimate of drug-likeness (QED) is 0.695. The van der Waals surface area contributed by atoms with E-state index in [9.17, 15) is 0 Å². The highest BCUT2D eigenvalue weighted by atomic mass is 15.3. The minimum atomic E-state index is 0.786. The van der Waals surface area contributed by atoms with E-state index in [2.05, 4.69) is 12.0 Å². The maximum atomic E-state index is 5.73. The summed E-state index contributed by atoms with van der Waals surface area (Å²) in [7, 11) is 1.88. The molecule has 1 heterocycles. The van der Waals surface area contributed by atoms with Crippen LogP contribution in [0, 0.1) is 6.92 Å². The number of nitrogens with two attached hydrogens (primary N) is 1. The van der Waals surface area contributed by atoms with Gasteiger partial charge < -0.3 is 5.73 Å². The molecule has 0 aliphatic carbocycles. The molecule has 0 saturated carbocycles. The molecule has 0 saturated heterocycles. The van der Waals surface area contributed by atoms with Crippen molar-refractivity contribution in [3.8, 4) is 0 Å². The Morgan fingerprint density at radius 1 is 1.55 bits per heavy atom. The predicted molar refractivity (Wildman–Crippen MR) is 46.4 cm³/mol. The normalized spacial score (nSPS) is 10.5. The van der Waals surface area contributed by atoms with Gasteiger partial charge in [-0.15, -0.1) is 0 Å². The molecule has 0 atom stereocenters. The van der Waals surface area contributed by atoms with Crippen LogP contribution in [0.1, 0.15) is 24.6 Å². The molecule has 11 heavy (non-hydrogen) atoms. The first-order chi connectivity index (χ1) is 5.16. The van der Waals surface area contributed by atoms with Gasteiger partial charge in [0.15, 0.2) is 0 Å². The highest BCUT2D eigenvalue weighted by Crippen LogP contribution is 2.14. The molecule has 0 aliphatic heterocycles. The fourth-order valence-electron chi connectivity index (χ4n) is 1.17. The molecule has 3 nitrogen and oxygen atoms in total. The predicted octanol–water partition coefficient (Wildman–Crippen LogP) is 1.26. The number of aromatic nitrogens is 2. The van der Waals surface area contributed by atoms with Crippen LogP contribution in [-0.2, 0) is 13.5 Å². The lowest BCUT2D eigenvalue weighted by atomic mass is 10.2. The van der Waals surface area contributed by atoms with Crippen LogP contribution in [-0.4, -0.2) is 9.78 Å². The minimum Gasteiger partial charge on any atom is -0.384 e. The van der Waals surface area contributed by atoms with Crippen LogP contribution in [0.3, 0.4) is 0 Å². The van der Waals surface area contributed by atoms with Gasteiger partial charge >= 0.3 is 0 Å². The van der Waals surface area contributed by atoms with Crippen molar-refractivity contribution >= 4 is 5.82 Å². The third-order valence-corrected chi connectivity index (χ3v) is 1.92. The van der Waals surface area contributed by atoms with E-state index in [1.807, 2.05) is 14.0 Å². The number of aryl methyl sites for hydroxylation is 2. The molecule has 0 radical (unpaired) electrons. The molecule has 0 amide bonds. The Balaban J connectivity index is 2.98. The first kappa shape index (κ1) is 8.11. The summed E-state index contributed by atoms with van der Waals surface area (Å²) in [6.45, 7) is 4.16. The Morgan fingerprint density at radius 3 is 2.55 bits per heavy atom. The summed E-state index contributed by atoms with van der Waals surface area (Å²) in [5.41, 5.74) is 8.00. The maximum absolute atomic E-state index is 5.73. The summed E-state index contributed by atoms with van der Waals surface area (Å²) < 4.78 is 1.74. The van der Waals surface area contributed by atoms with Gasteiger partial charge in [-0.3, -0.25) is 4.68 Å². The summed E-state index contributed by atoms with van der Waals surface area (Å²) in [4.78, 5) is 0. The van der Waals surface area contributed by atoms with Crippen molar-refractivity contribution in [3.05, 3.63) is 11.3 Å². The van der Waals surface area contributed by atoms with Gasteiger partial charge in [-0.1, -0.05) is 13.3 Å². The molecule has 1 aromatic heterocycles. The molecule has 1 aromatic rings. The van der Waals surface area contributed by atoms with E-state index in [1.165, 1.54) is 0 Å². The Morgan fingerprint density at radius 2 is 2.18 bits per heavy atom. The van der Waals surface area contributed by atoms with Crippen molar-refractivity contribution < 1.29 is 0 Å². The van der Waals surface area contributed by atoms with Crippen molar-refractivity contribution in [2.45, 2.75) is 26.7 Å². The number of anilines is 1. The molecule has 0 spiro atoms. The maximum Gasteiger partial charge on any atom is 0.124 e. The average molecular weight is 153 g/mol. The van der Waals surface area contributed by atoms with E-state index in [1.54, 1.807) is 4.68 Å². The minimum absolute atomic E-state index is 0.786. The second-order valence-corrected chi connectivity index (χ2v) is 2.83. The van der Waals surface area contributed by atoms with E-state index in [0.717, 1.165) is 29.9 Å². The van der Waals surface area contributed by atoms with E-state index >= 15 is 0 Å². The summed E-state index contributed by atoms with van der Waals surface area (Å²) in [5, 5.41) is 4.29. The second kappa shape index (κ2) is 2.95. The molecule has 2 N–H and O–H groups in total. The smallest absolute Gasteiger partial charge is 0.124 e. The van der Waals surface area contributed by atoms with Crippen LogP contribution in [0.25, 0.3) is 0 Å². The number of hydrogen-bond acceptors (Lipinski definition) is 2. The first-order valence-electron chi connectivity index (χ1n) is 3.94. The van der Waals surface area contributed by atoms with Crippen molar-refractivity contribution in [1.82, 2.24) is 9.78 Å². The lowest BCUT2D eigenvalue weighted by molar-refractivity contribution is 0.741. The topological polar surface area (TPSA) is 43.8 Å². The first-order valence-corrected chi connectivity index (χ1v) is 3.94. The molecule has 0 fully saturated rings. The van der Waals surface area contributed by atoms with Gasteiger partial charge in [-0.2, -0.15) is 5.10 Å². The number of rotatable bonds is 2. The lowest BCUT2D eigenvalue weighted by Gasteiger charge is -1.92. The Bertz CT molecular complexity index is 250. The van der Waals surface area contributed by atoms with Gasteiger partial charge in [0, 0.05) is 12.6 Å². The van der Waals surface area contributed by atoms with Crippen molar-refractivity contribution in [2.24, 2.45) is 7.05 Å². The zero-order valence-corrected chi connectivity index (χ0v) is 7.39. The van der Waals surface area contributed by atoms with E-state index in [0.29, 0.717) is 0 Å². The monoisotopic (exact) mass is 153 g/mol. The summed E-state index contributed by atoms with van der Waals surface area (Å²) >= 11 is 0. The lowest BCUT2D eigenvalue weighted by Crippen LogP contribution is -1.97. The number of nitrogens with zero attached hydrogens (tertiary/aromatic N) is 2. The van der Waals surface area contributed by atoms with Gasteiger partial charge in [0.25, 0.3) is 0 Å². The van der Waals surface area contributed by atoms with Crippen LogP contribution >= 0.6 is 0 Å². The van der Waals surface area contributed by atoms with Crippen LogP contribution in [0.5, 0.6) is 0 Å². The van der Waals surface area contributed by atoms with Crippen molar-refractivity contribution in [2.75, 3.05) is 5.73 Å². The molecule has 0 aromatic carbocycles. The van der Waals surface area contributed by atoms with Gasteiger partial charge in [0.2, 0.25) is 0 Å². The van der Waals surface area contributed by atoms with Gasteiger partial charge in [-0.25, -0.2) is 0 Å². The fraction of sp³-hybridized carbons (Fsp3) is 0.625. The van der Waals surface area contributed by atoms with Crippen LogP contribution in [0.4, 0.5) is 5.82 Å². The molecular weight excluding hydrogens is 138 g/mol. The van der Waals surface area contributed by atoms with Crippen LogP contribution in [0.15, 0.2) is 0 Å². The highest BCUT2D eigenvalue weighted by molar-refractivity contribution is 5.41. The molecule has 1 rings (SSSR count). The summed E-state index contributed by atoms with van der Waals surface area (Å²) in [5.74, 6) is 0.786. The largest absolute Gasteiger partial charge is 0.384 e. The van der Waals surface area contributed by atoms with Crippen LogP contribution < -0.4 is 5.73 Å². The Kier molecular flexibility index (Phi) is 2.17. The molecule has 3 heteroatoms. The third kappa shape index (κ3) is 1.37. The Labute approximate surface area is 67.2 Å². The third-order valence-electron chi connectivity index (χ3n) is 1.92. The van der Waals surface area contributed by atoms with Crippen LogP contribution in [0.2, 0.25) is 0 Å². The molecular formula is C8H15N3. The fourth-order valence-corrected chi connectivity index (χ4v) is 1.17. The zero-order valence-electron chi connectivity index (χ0n) is 7.39. The molecule has 0 aliphatic rings.